The van der Waals surface area contributed by atoms with Crippen molar-refractivity contribution in [1.82, 2.24) is 9.69 Å². The third-order valence-corrected chi connectivity index (χ3v) is 3.83. The van der Waals surface area contributed by atoms with Crippen molar-refractivity contribution in [2.45, 2.75) is 18.4 Å². The Morgan fingerprint density at radius 3 is 2.76 bits per heavy atom. The lowest BCUT2D eigenvalue weighted by atomic mass is 10.3. The molecule has 0 aliphatic rings. The summed E-state index contributed by atoms with van der Waals surface area (Å²) in [5.41, 5.74) is 0.0667. The number of amides is 2. The summed E-state index contributed by atoms with van der Waals surface area (Å²) in [4.78, 5) is 22.3. The zero-order valence-corrected chi connectivity index (χ0v) is 11.1. The molecule has 0 aromatic carbocycles. The highest BCUT2D eigenvalue weighted by atomic mass is 32.2. The van der Waals surface area contributed by atoms with Crippen LogP contribution in [0.1, 0.15) is 23.7 Å². The number of rotatable bonds is 5. The number of carbonyl (C=O) groups is 2. The molecule has 3 N–H and O–H groups in total. The van der Waals surface area contributed by atoms with Gasteiger partial charge in [-0.05, 0) is 23.7 Å². The van der Waals surface area contributed by atoms with Crippen LogP contribution < -0.4 is 10.6 Å². The van der Waals surface area contributed by atoms with Crippen LogP contribution in [0.15, 0.2) is 5.03 Å². The molecular formula is C9H13N3O3S2. The second-order valence-electron chi connectivity index (χ2n) is 3.05. The van der Waals surface area contributed by atoms with Crippen LogP contribution in [0.4, 0.5) is 9.80 Å². The molecule has 17 heavy (non-hydrogen) atoms. The molecule has 2 amide bonds. The van der Waals surface area contributed by atoms with Gasteiger partial charge in [-0.2, -0.15) is 4.37 Å². The molecule has 1 aromatic rings. The fourth-order valence-electron chi connectivity index (χ4n) is 1.01. The summed E-state index contributed by atoms with van der Waals surface area (Å²) in [6.07, 6.45) is 0.930. The van der Waals surface area contributed by atoms with Crippen molar-refractivity contribution in [3.8, 4) is 0 Å². The van der Waals surface area contributed by atoms with Gasteiger partial charge in [-0.3, -0.25) is 5.32 Å². The van der Waals surface area contributed by atoms with E-state index in [1.807, 2.05) is 6.92 Å². The van der Waals surface area contributed by atoms with Crippen LogP contribution in [0.2, 0.25) is 0 Å². The van der Waals surface area contributed by atoms with Crippen LogP contribution >= 0.6 is 23.3 Å². The summed E-state index contributed by atoms with van der Waals surface area (Å²) in [7, 11) is 1.46. The number of nitrogens with one attached hydrogen (secondary N) is 2. The summed E-state index contributed by atoms with van der Waals surface area (Å²) < 4.78 is 4.04. The van der Waals surface area contributed by atoms with Crippen LogP contribution in [0.3, 0.4) is 0 Å². The van der Waals surface area contributed by atoms with E-state index in [9.17, 15) is 9.59 Å². The Kier molecular flexibility index (Phi) is 5.23. The lowest BCUT2D eigenvalue weighted by molar-refractivity contribution is 0.0694. The monoisotopic (exact) mass is 275 g/mol. The molecule has 0 unspecified atom stereocenters. The minimum absolute atomic E-state index is 0.0667. The lowest BCUT2D eigenvalue weighted by Gasteiger charge is -2.02. The van der Waals surface area contributed by atoms with Gasteiger partial charge in [0.2, 0.25) is 0 Å². The topological polar surface area (TPSA) is 91.3 Å². The second kappa shape index (κ2) is 6.45. The Morgan fingerprint density at radius 1 is 1.53 bits per heavy atom. The highest BCUT2D eigenvalue weighted by molar-refractivity contribution is 7.99. The number of thioether (sulfide) groups is 1. The van der Waals surface area contributed by atoms with Crippen LogP contribution in [-0.2, 0) is 0 Å². The molecule has 1 aromatic heterocycles. The standard InChI is InChI=1S/C9H13N3O3S2/c1-3-4-16-7-5(8(13)14)6(17-12-7)11-9(15)10-2/h3-4H2,1-2H3,(H,13,14)(H2,10,11,15). The van der Waals surface area contributed by atoms with E-state index in [2.05, 4.69) is 15.0 Å². The predicted octanol–water partition coefficient (Wildman–Crippen LogP) is 2.09. The third kappa shape index (κ3) is 3.60. The van der Waals surface area contributed by atoms with Crippen molar-refractivity contribution in [2.75, 3.05) is 18.1 Å². The molecular weight excluding hydrogens is 262 g/mol. The molecule has 0 saturated carbocycles. The number of aromatic nitrogens is 1. The highest BCUT2D eigenvalue weighted by Crippen LogP contribution is 2.32. The van der Waals surface area contributed by atoms with Crippen LogP contribution in [0.25, 0.3) is 0 Å². The molecule has 0 aliphatic carbocycles. The van der Waals surface area contributed by atoms with E-state index in [1.165, 1.54) is 18.8 Å². The van der Waals surface area contributed by atoms with Crippen molar-refractivity contribution >= 4 is 40.3 Å². The van der Waals surface area contributed by atoms with E-state index in [-0.39, 0.29) is 10.6 Å². The molecule has 1 heterocycles. The van der Waals surface area contributed by atoms with Gasteiger partial charge in [-0.1, -0.05) is 6.92 Å². The average molecular weight is 275 g/mol. The molecule has 0 saturated heterocycles. The number of urea groups is 1. The first-order chi connectivity index (χ1) is 8.10. The summed E-state index contributed by atoms with van der Waals surface area (Å²) in [6, 6.07) is -0.455. The molecule has 94 valence electrons. The maximum absolute atomic E-state index is 11.1. The van der Waals surface area contributed by atoms with Crippen LogP contribution in [0.5, 0.6) is 0 Å². The van der Waals surface area contributed by atoms with E-state index < -0.39 is 12.0 Å². The van der Waals surface area contributed by atoms with E-state index in [4.69, 9.17) is 5.11 Å². The maximum Gasteiger partial charge on any atom is 0.341 e. The molecule has 1 rings (SSSR count). The van der Waals surface area contributed by atoms with Crippen molar-refractivity contribution in [3.63, 3.8) is 0 Å². The molecule has 0 radical (unpaired) electrons. The number of anilines is 1. The fourth-order valence-corrected chi connectivity index (χ4v) is 2.81. The first-order valence-corrected chi connectivity index (χ1v) is 6.70. The fraction of sp³-hybridized carbons (Fsp3) is 0.444. The van der Waals surface area contributed by atoms with Gasteiger partial charge in [0.15, 0.2) is 0 Å². The van der Waals surface area contributed by atoms with Gasteiger partial charge < -0.3 is 10.4 Å². The Labute approximate surface area is 107 Å². The van der Waals surface area contributed by atoms with Gasteiger partial charge in [0.05, 0.1) is 0 Å². The molecule has 0 bridgehead atoms. The van der Waals surface area contributed by atoms with E-state index in [0.717, 1.165) is 23.7 Å². The smallest absolute Gasteiger partial charge is 0.341 e. The van der Waals surface area contributed by atoms with Gasteiger partial charge in [-0.25, -0.2) is 9.59 Å². The minimum atomic E-state index is -1.08. The number of carboxylic acid groups (broad SMARTS) is 1. The lowest BCUT2D eigenvalue weighted by Crippen LogP contribution is -2.24. The Bertz CT molecular complexity index is 420. The molecule has 6 nitrogen and oxygen atoms in total. The van der Waals surface area contributed by atoms with Crippen molar-refractivity contribution in [1.29, 1.82) is 0 Å². The first-order valence-electron chi connectivity index (χ1n) is 4.94. The van der Waals surface area contributed by atoms with Crippen molar-refractivity contribution in [3.05, 3.63) is 5.56 Å². The molecule has 8 heteroatoms. The Balaban J connectivity index is 2.94. The highest BCUT2D eigenvalue weighted by Gasteiger charge is 2.21. The largest absolute Gasteiger partial charge is 0.477 e. The zero-order chi connectivity index (χ0) is 12.8. The summed E-state index contributed by atoms with van der Waals surface area (Å²) in [6.45, 7) is 2.00. The number of carbonyl (C=O) groups excluding carboxylic acids is 1. The van der Waals surface area contributed by atoms with Gasteiger partial charge in [0.1, 0.15) is 15.6 Å². The maximum atomic E-state index is 11.1. The van der Waals surface area contributed by atoms with Crippen molar-refractivity contribution < 1.29 is 14.7 Å². The number of aromatic carboxylic acids is 1. The van der Waals surface area contributed by atoms with Gasteiger partial charge >= 0.3 is 12.0 Å². The molecule has 0 spiro atoms. The first kappa shape index (κ1) is 13.8. The number of nitrogens with zero attached hydrogens (tertiary/aromatic N) is 1. The predicted molar refractivity (Wildman–Crippen MR) is 68.2 cm³/mol. The second-order valence-corrected chi connectivity index (χ2v) is 4.91. The number of hydrogen-bond donors (Lipinski definition) is 3. The van der Waals surface area contributed by atoms with E-state index >= 15 is 0 Å². The normalized spacial score (nSPS) is 10.0. The van der Waals surface area contributed by atoms with Crippen LogP contribution in [-0.4, -0.2) is 34.3 Å². The van der Waals surface area contributed by atoms with Crippen molar-refractivity contribution in [2.24, 2.45) is 0 Å². The molecule has 0 aliphatic heterocycles. The Hall–Kier alpha value is -1.28. The van der Waals surface area contributed by atoms with Crippen LogP contribution in [0, 0.1) is 0 Å². The molecule has 0 fully saturated rings. The number of carboxylic acids is 1. The Morgan fingerprint density at radius 2 is 2.24 bits per heavy atom. The van der Waals surface area contributed by atoms with E-state index in [1.54, 1.807) is 0 Å². The SMILES string of the molecule is CCCSc1nsc(NC(=O)NC)c1C(=O)O. The van der Waals surface area contributed by atoms with Gasteiger partial charge in [0.25, 0.3) is 0 Å². The summed E-state index contributed by atoms with van der Waals surface area (Å²) in [5.74, 6) is -0.285. The average Bonchev–Trinajstić information content (AvgIpc) is 2.69. The number of hydrogen-bond acceptors (Lipinski definition) is 5. The minimum Gasteiger partial charge on any atom is -0.477 e. The zero-order valence-electron chi connectivity index (χ0n) is 9.44. The molecule has 0 atom stereocenters. The summed E-state index contributed by atoms with van der Waals surface area (Å²) >= 11 is 2.35. The quantitative estimate of drug-likeness (QED) is 0.716. The van der Waals surface area contributed by atoms with E-state index in [0.29, 0.717) is 5.03 Å². The van der Waals surface area contributed by atoms with Gasteiger partial charge in [-0.15, -0.1) is 11.8 Å². The van der Waals surface area contributed by atoms with Gasteiger partial charge in [0, 0.05) is 7.05 Å². The summed E-state index contributed by atoms with van der Waals surface area (Å²) in [5, 5.41) is 14.6. The third-order valence-electron chi connectivity index (χ3n) is 1.77.